The van der Waals surface area contributed by atoms with Crippen molar-refractivity contribution < 1.29 is 5.11 Å². The Labute approximate surface area is 116 Å². The Balaban J connectivity index is 1.62. The molecule has 3 aliphatic rings. The van der Waals surface area contributed by atoms with Gasteiger partial charge in [-0.25, -0.2) is 0 Å². The second-order valence-corrected chi connectivity index (χ2v) is 6.31. The first kappa shape index (κ1) is 12.5. The topological polar surface area (TPSA) is 35.5 Å². The van der Waals surface area contributed by atoms with Crippen LogP contribution in [0, 0.1) is 5.92 Å². The molecule has 0 aliphatic carbocycles. The van der Waals surface area contributed by atoms with Gasteiger partial charge in [-0.1, -0.05) is 15.9 Å². The molecular formula is C14H19BrN2O. The molecule has 0 aromatic heterocycles. The molecule has 1 atom stereocenters. The zero-order chi connectivity index (χ0) is 12.5. The maximum absolute atomic E-state index is 9.83. The summed E-state index contributed by atoms with van der Waals surface area (Å²) in [5, 5.41) is 13.4. The Morgan fingerprint density at radius 1 is 1.33 bits per heavy atom. The van der Waals surface area contributed by atoms with E-state index in [0.29, 0.717) is 11.8 Å². The maximum atomic E-state index is 9.83. The van der Waals surface area contributed by atoms with E-state index in [1.165, 1.54) is 32.5 Å². The Morgan fingerprint density at radius 3 is 2.78 bits per heavy atom. The van der Waals surface area contributed by atoms with E-state index >= 15 is 0 Å². The number of rotatable bonds is 3. The normalized spacial score (nSPS) is 30.6. The molecule has 0 radical (unpaired) electrons. The molecule has 3 heterocycles. The van der Waals surface area contributed by atoms with Gasteiger partial charge in [0.1, 0.15) is 5.75 Å². The van der Waals surface area contributed by atoms with Crippen LogP contribution in [0.1, 0.15) is 18.4 Å². The highest BCUT2D eigenvalue weighted by Gasteiger charge is 2.33. The summed E-state index contributed by atoms with van der Waals surface area (Å²) in [6.45, 7) is 4.45. The van der Waals surface area contributed by atoms with Crippen molar-refractivity contribution in [2.24, 2.45) is 5.92 Å². The number of hydrogen-bond donors (Lipinski definition) is 2. The lowest BCUT2D eigenvalue weighted by Crippen LogP contribution is -2.55. The van der Waals surface area contributed by atoms with Crippen LogP contribution >= 0.6 is 15.9 Å². The number of fused-ring (bicyclic) bond motifs is 3. The van der Waals surface area contributed by atoms with Crippen molar-refractivity contribution in [2.75, 3.05) is 19.6 Å². The smallest absolute Gasteiger partial charge is 0.120 e. The summed E-state index contributed by atoms with van der Waals surface area (Å²) < 4.78 is 1.02. The SMILES string of the molecule is Oc1ccc(Br)cc1CNC1CN2CCC1CC2. The van der Waals surface area contributed by atoms with E-state index in [0.717, 1.165) is 22.5 Å². The molecule has 1 unspecified atom stereocenters. The molecule has 4 rings (SSSR count). The van der Waals surface area contributed by atoms with Crippen molar-refractivity contribution in [2.45, 2.75) is 25.4 Å². The van der Waals surface area contributed by atoms with Gasteiger partial charge in [0.15, 0.2) is 0 Å². The maximum Gasteiger partial charge on any atom is 0.120 e. The second kappa shape index (κ2) is 5.19. The van der Waals surface area contributed by atoms with Crippen LogP contribution in [0.15, 0.2) is 22.7 Å². The lowest BCUT2D eigenvalue weighted by atomic mass is 9.84. The molecular weight excluding hydrogens is 292 g/mol. The van der Waals surface area contributed by atoms with E-state index in [4.69, 9.17) is 0 Å². The van der Waals surface area contributed by atoms with Gasteiger partial charge in [0.25, 0.3) is 0 Å². The summed E-state index contributed by atoms with van der Waals surface area (Å²) >= 11 is 3.45. The van der Waals surface area contributed by atoms with Gasteiger partial charge < -0.3 is 15.3 Å². The molecule has 3 saturated heterocycles. The summed E-state index contributed by atoms with van der Waals surface area (Å²) in [5.74, 6) is 1.20. The number of benzene rings is 1. The molecule has 1 aromatic carbocycles. The summed E-state index contributed by atoms with van der Waals surface area (Å²) in [6.07, 6.45) is 2.64. The van der Waals surface area contributed by atoms with Crippen molar-refractivity contribution in [1.29, 1.82) is 0 Å². The number of halogens is 1. The molecule has 98 valence electrons. The molecule has 0 spiro atoms. The van der Waals surface area contributed by atoms with Crippen LogP contribution in [0.25, 0.3) is 0 Å². The molecule has 1 aromatic rings. The fourth-order valence-electron chi connectivity index (χ4n) is 3.13. The van der Waals surface area contributed by atoms with Crippen LogP contribution in [0.3, 0.4) is 0 Å². The van der Waals surface area contributed by atoms with Gasteiger partial charge in [0.05, 0.1) is 0 Å². The molecule has 3 aliphatic heterocycles. The lowest BCUT2D eigenvalue weighted by molar-refractivity contribution is 0.0719. The highest BCUT2D eigenvalue weighted by Crippen LogP contribution is 2.28. The van der Waals surface area contributed by atoms with Gasteiger partial charge in [-0.2, -0.15) is 0 Å². The number of piperidine rings is 3. The summed E-state index contributed by atoms with van der Waals surface area (Å²) in [6, 6.07) is 6.19. The Kier molecular flexibility index (Phi) is 3.59. The van der Waals surface area contributed by atoms with Gasteiger partial charge in [0.2, 0.25) is 0 Å². The van der Waals surface area contributed by atoms with Gasteiger partial charge in [-0.3, -0.25) is 0 Å². The molecule has 4 heteroatoms. The van der Waals surface area contributed by atoms with Crippen molar-refractivity contribution in [3.8, 4) is 5.75 Å². The molecule has 3 fully saturated rings. The van der Waals surface area contributed by atoms with Crippen LogP contribution in [-0.2, 0) is 6.54 Å². The first-order chi connectivity index (χ1) is 8.72. The van der Waals surface area contributed by atoms with Crippen molar-refractivity contribution >= 4 is 15.9 Å². The third-order valence-corrected chi connectivity index (χ3v) is 4.75. The Morgan fingerprint density at radius 2 is 2.11 bits per heavy atom. The minimum atomic E-state index is 0.381. The van der Waals surface area contributed by atoms with E-state index in [9.17, 15) is 5.11 Å². The zero-order valence-electron chi connectivity index (χ0n) is 10.4. The predicted molar refractivity (Wildman–Crippen MR) is 75.6 cm³/mol. The third kappa shape index (κ3) is 2.56. The summed E-state index contributed by atoms with van der Waals surface area (Å²) in [7, 11) is 0. The average molecular weight is 311 g/mol. The van der Waals surface area contributed by atoms with Crippen LogP contribution in [0.4, 0.5) is 0 Å². The highest BCUT2D eigenvalue weighted by atomic mass is 79.9. The number of aromatic hydroxyl groups is 1. The van der Waals surface area contributed by atoms with Crippen LogP contribution in [0.5, 0.6) is 5.75 Å². The zero-order valence-corrected chi connectivity index (χ0v) is 12.0. The fraction of sp³-hybridized carbons (Fsp3) is 0.571. The van der Waals surface area contributed by atoms with Gasteiger partial charge in [-0.05, 0) is 50.0 Å². The fourth-order valence-corrected chi connectivity index (χ4v) is 3.54. The van der Waals surface area contributed by atoms with E-state index in [1.54, 1.807) is 6.07 Å². The van der Waals surface area contributed by atoms with Crippen LogP contribution in [-0.4, -0.2) is 35.7 Å². The van der Waals surface area contributed by atoms with E-state index in [2.05, 4.69) is 26.1 Å². The van der Waals surface area contributed by atoms with Crippen molar-refractivity contribution in [3.63, 3.8) is 0 Å². The standard InChI is InChI=1S/C14H19BrN2O/c15-12-1-2-14(18)11(7-12)8-16-13-9-17-5-3-10(13)4-6-17/h1-2,7,10,13,16,18H,3-6,8-9H2. The van der Waals surface area contributed by atoms with Gasteiger partial charge in [0, 0.05) is 29.2 Å². The molecule has 18 heavy (non-hydrogen) atoms. The van der Waals surface area contributed by atoms with Crippen molar-refractivity contribution in [3.05, 3.63) is 28.2 Å². The minimum Gasteiger partial charge on any atom is -0.508 e. The molecule has 0 amide bonds. The van der Waals surface area contributed by atoms with E-state index < -0.39 is 0 Å². The summed E-state index contributed by atoms with van der Waals surface area (Å²) in [4.78, 5) is 2.54. The van der Waals surface area contributed by atoms with Crippen molar-refractivity contribution in [1.82, 2.24) is 10.2 Å². The Bertz CT molecular complexity index is 430. The minimum absolute atomic E-state index is 0.381. The third-order valence-electron chi connectivity index (χ3n) is 4.25. The van der Waals surface area contributed by atoms with Gasteiger partial charge in [-0.15, -0.1) is 0 Å². The largest absolute Gasteiger partial charge is 0.508 e. The van der Waals surface area contributed by atoms with E-state index in [1.807, 2.05) is 12.1 Å². The molecule has 3 nitrogen and oxygen atoms in total. The monoisotopic (exact) mass is 310 g/mol. The number of nitrogens with zero attached hydrogens (tertiary/aromatic N) is 1. The predicted octanol–water partition coefficient (Wildman–Crippen LogP) is 2.34. The first-order valence-electron chi connectivity index (χ1n) is 6.65. The second-order valence-electron chi connectivity index (χ2n) is 5.40. The molecule has 2 N–H and O–H groups in total. The molecule has 2 bridgehead atoms. The number of nitrogens with one attached hydrogen (secondary N) is 1. The Hall–Kier alpha value is -0.580. The van der Waals surface area contributed by atoms with Crippen LogP contribution in [0.2, 0.25) is 0 Å². The number of phenols is 1. The number of phenolic OH excluding ortho intramolecular Hbond substituents is 1. The summed E-state index contributed by atoms with van der Waals surface area (Å²) in [5.41, 5.74) is 0.973. The highest BCUT2D eigenvalue weighted by molar-refractivity contribution is 9.10. The molecule has 0 saturated carbocycles. The first-order valence-corrected chi connectivity index (χ1v) is 7.45. The van der Waals surface area contributed by atoms with E-state index in [-0.39, 0.29) is 0 Å². The van der Waals surface area contributed by atoms with Crippen LogP contribution < -0.4 is 5.32 Å². The van der Waals surface area contributed by atoms with Gasteiger partial charge >= 0.3 is 0 Å². The quantitative estimate of drug-likeness (QED) is 0.899. The number of hydrogen-bond acceptors (Lipinski definition) is 3. The lowest BCUT2D eigenvalue weighted by Gasteiger charge is -2.45. The average Bonchev–Trinajstić information content (AvgIpc) is 2.41.